The van der Waals surface area contributed by atoms with Crippen LogP contribution < -0.4 is 0 Å². The summed E-state index contributed by atoms with van der Waals surface area (Å²) in [6.07, 6.45) is 3.39. The highest BCUT2D eigenvalue weighted by atomic mass is 127. The molecule has 12 heavy (non-hydrogen) atoms. The Morgan fingerprint density at radius 1 is 1.17 bits per heavy atom. The van der Waals surface area contributed by atoms with Gasteiger partial charge in [0.25, 0.3) is 0 Å². The first-order chi connectivity index (χ1) is 5.75. The fourth-order valence-corrected chi connectivity index (χ4v) is 3.12. The van der Waals surface area contributed by atoms with Crippen LogP contribution in [-0.4, -0.2) is 0 Å². The lowest BCUT2D eigenvalue weighted by Crippen LogP contribution is -1.92. The summed E-state index contributed by atoms with van der Waals surface area (Å²) in [5, 5.41) is 0. The number of hydrogen-bond acceptors (Lipinski definition) is 0. The zero-order valence-electron chi connectivity index (χ0n) is 6.82. The largest absolute Gasteiger partial charge is 0.0601 e. The number of benzene rings is 1. The fraction of sp³-hybridized carbons (Fsp3) is 0.300. The van der Waals surface area contributed by atoms with E-state index in [2.05, 4.69) is 70.3 Å². The Hall–Kier alpha value is 0.680. The smallest absolute Gasteiger partial charge is 0.0172 e. The van der Waals surface area contributed by atoms with E-state index in [0.717, 1.165) is 6.42 Å². The van der Waals surface area contributed by atoms with Gasteiger partial charge in [-0.3, -0.25) is 0 Å². The van der Waals surface area contributed by atoms with Gasteiger partial charge in [-0.2, -0.15) is 0 Å². The molecule has 0 saturated heterocycles. The van der Waals surface area contributed by atoms with Crippen molar-refractivity contribution >= 4 is 45.2 Å². The van der Waals surface area contributed by atoms with Crippen molar-refractivity contribution in [3.05, 3.63) is 37.8 Å². The molecule has 0 bridgehead atoms. The maximum Gasteiger partial charge on any atom is 0.0172 e. The van der Waals surface area contributed by atoms with E-state index in [-0.39, 0.29) is 0 Å². The average molecular weight is 385 g/mol. The third-order valence-electron chi connectivity index (χ3n) is 1.74. The predicted octanol–water partition coefficient (Wildman–Crippen LogP) is 4.05. The minimum absolute atomic E-state index is 1.03. The molecule has 0 amide bonds. The predicted molar refractivity (Wildman–Crippen MR) is 70.2 cm³/mol. The van der Waals surface area contributed by atoms with Gasteiger partial charge < -0.3 is 0 Å². The van der Waals surface area contributed by atoms with Gasteiger partial charge in [-0.1, -0.05) is 19.4 Å². The molecule has 0 unspecified atom stereocenters. The van der Waals surface area contributed by atoms with Gasteiger partial charge in [-0.15, -0.1) is 0 Å². The maximum atomic E-state index is 3.86. The molecule has 0 spiro atoms. The van der Waals surface area contributed by atoms with E-state index >= 15 is 0 Å². The normalized spacial score (nSPS) is 10.2. The quantitative estimate of drug-likeness (QED) is 0.689. The molecule has 0 fully saturated rings. The molecular weight excluding hydrogens is 374 g/mol. The second kappa shape index (κ2) is 5.42. The van der Waals surface area contributed by atoms with Crippen LogP contribution in [-0.2, 0) is 6.42 Å². The summed E-state index contributed by atoms with van der Waals surface area (Å²) < 4.78 is 2.76. The molecule has 1 aromatic carbocycles. The zero-order chi connectivity index (χ0) is 8.97. The van der Waals surface area contributed by atoms with Crippen molar-refractivity contribution in [1.82, 2.24) is 0 Å². The van der Waals surface area contributed by atoms with E-state index in [9.17, 15) is 0 Å². The Bertz CT molecular complexity index is 236. The molecule has 0 saturated carbocycles. The highest BCUT2D eigenvalue weighted by Gasteiger charge is 2.02. The van der Waals surface area contributed by atoms with E-state index in [1.165, 1.54) is 25.5 Å². The number of halogens is 2. The third kappa shape index (κ3) is 2.87. The molecule has 0 aliphatic rings. The van der Waals surface area contributed by atoms with Crippen molar-refractivity contribution in [2.75, 3.05) is 0 Å². The molecule has 1 aromatic rings. The van der Waals surface area contributed by atoms with Gasteiger partial charge >= 0.3 is 0 Å². The van der Waals surface area contributed by atoms with Gasteiger partial charge in [-0.25, -0.2) is 0 Å². The van der Waals surface area contributed by atoms with Crippen LogP contribution >= 0.6 is 45.2 Å². The van der Waals surface area contributed by atoms with Gasteiger partial charge in [0.05, 0.1) is 0 Å². The van der Waals surface area contributed by atoms with E-state index in [1.54, 1.807) is 0 Å². The highest BCUT2D eigenvalue weighted by Crippen LogP contribution is 2.20. The maximum absolute atomic E-state index is 3.86. The van der Waals surface area contributed by atoms with Gasteiger partial charge in [0.2, 0.25) is 0 Å². The van der Waals surface area contributed by atoms with Crippen molar-refractivity contribution in [2.45, 2.75) is 19.3 Å². The molecule has 0 atom stereocenters. The second-order valence-corrected chi connectivity index (χ2v) is 4.98. The van der Waals surface area contributed by atoms with Gasteiger partial charge in [0.15, 0.2) is 0 Å². The monoisotopic (exact) mass is 385 g/mol. The lowest BCUT2D eigenvalue weighted by Gasteiger charge is -2.05. The Morgan fingerprint density at radius 3 is 2.25 bits per heavy atom. The van der Waals surface area contributed by atoms with Crippen molar-refractivity contribution in [2.24, 2.45) is 0 Å². The highest BCUT2D eigenvalue weighted by molar-refractivity contribution is 14.1. The van der Waals surface area contributed by atoms with E-state index in [1.807, 2.05) is 0 Å². The van der Waals surface area contributed by atoms with E-state index in [0.29, 0.717) is 0 Å². The van der Waals surface area contributed by atoms with Gasteiger partial charge in [0, 0.05) is 7.14 Å². The molecular formula is C10H11I2. The Kier molecular flexibility index (Phi) is 4.86. The van der Waals surface area contributed by atoms with Crippen molar-refractivity contribution < 1.29 is 0 Å². The minimum atomic E-state index is 1.03. The molecule has 0 aliphatic carbocycles. The van der Waals surface area contributed by atoms with E-state index in [4.69, 9.17) is 0 Å². The lowest BCUT2D eigenvalue weighted by atomic mass is 10.1. The molecule has 0 aromatic heterocycles. The minimum Gasteiger partial charge on any atom is -0.0601 e. The van der Waals surface area contributed by atoms with Crippen LogP contribution in [0.5, 0.6) is 0 Å². The second-order valence-electron chi connectivity index (χ2n) is 2.66. The Labute approximate surface area is 101 Å². The lowest BCUT2D eigenvalue weighted by molar-refractivity contribution is 0.834. The first-order valence-electron chi connectivity index (χ1n) is 3.98. The summed E-state index contributed by atoms with van der Waals surface area (Å²) in [5.74, 6) is 0. The van der Waals surface area contributed by atoms with Crippen LogP contribution in [0.3, 0.4) is 0 Å². The number of rotatable bonds is 3. The summed E-state index contributed by atoms with van der Waals surface area (Å²) in [5.41, 5.74) is 1.49. The molecule has 0 heterocycles. The zero-order valence-corrected chi connectivity index (χ0v) is 11.1. The van der Waals surface area contributed by atoms with Crippen LogP contribution in [0.1, 0.15) is 18.4 Å². The van der Waals surface area contributed by atoms with Crippen LogP contribution in [0.15, 0.2) is 18.2 Å². The summed E-state index contributed by atoms with van der Waals surface area (Å²) in [6, 6.07) is 6.44. The van der Waals surface area contributed by atoms with Crippen molar-refractivity contribution in [3.63, 3.8) is 0 Å². The topological polar surface area (TPSA) is 0 Å². The van der Waals surface area contributed by atoms with Crippen LogP contribution in [0.4, 0.5) is 0 Å². The summed E-state index contributed by atoms with van der Waals surface area (Å²) in [6.45, 7) is 3.86. The molecule has 0 N–H and O–H groups in total. The number of unbranched alkanes of at least 4 members (excludes halogenated alkanes) is 1. The summed E-state index contributed by atoms with van der Waals surface area (Å²) in [4.78, 5) is 0. The van der Waals surface area contributed by atoms with Gasteiger partial charge in [-0.05, 0) is 75.7 Å². The summed E-state index contributed by atoms with van der Waals surface area (Å²) >= 11 is 4.80. The Balaban J connectivity index is 2.81. The molecule has 65 valence electrons. The first-order valence-corrected chi connectivity index (χ1v) is 6.13. The molecule has 0 nitrogen and oxygen atoms in total. The molecule has 1 rings (SSSR count). The van der Waals surface area contributed by atoms with Crippen LogP contribution in [0, 0.1) is 14.1 Å². The van der Waals surface area contributed by atoms with E-state index < -0.39 is 0 Å². The average Bonchev–Trinajstić information content (AvgIpc) is 2.04. The van der Waals surface area contributed by atoms with Gasteiger partial charge in [0.1, 0.15) is 0 Å². The molecule has 1 radical (unpaired) electrons. The fourth-order valence-electron chi connectivity index (χ4n) is 1.07. The SMILES string of the molecule is [CH2]CCCc1c(I)cccc1I. The molecule has 2 heteroatoms. The summed E-state index contributed by atoms with van der Waals surface area (Å²) in [7, 11) is 0. The Morgan fingerprint density at radius 2 is 1.75 bits per heavy atom. The van der Waals surface area contributed by atoms with Crippen LogP contribution in [0.2, 0.25) is 0 Å². The number of hydrogen-bond donors (Lipinski definition) is 0. The molecule has 0 aliphatic heterocycles. The van der Waals surface area contributed by atoms with Crippen LogP contribution in [0.25, 0.3) is 0 Å². The standard InChI is InChI=1S/C10H11I2/c1-2-3-5-8-9(11)6-4-7-10(8)12/h4,6-7H,1-3,5H2. The van der Waals surface area contributed by atoms with Crippen molar-refractivity contribution in [3.8, 4) is 0 Å². The first kappa shape index (κ1) is 10.8. The van der Waals surface area contributed by atoms with Crippen molar-refractivity contribution in [1.29, 1.82) is 0 Å². The third-order valence-corrected chi connectivity index (χ3v) is 3.76.